The summed E-state index contributed by atoms with van der Waals surface area (Å²) < 4.78 is 37.1. The highest BCUT2D eigenvalue weighted by Crippen LogP contribution is 2.40. The van der Waals surface area contributed by atoms with Gasteiger partial charge in [-0.3, -0.25) is 4.90 Å². The lowest BCUT2D eigenvalue weighted by Gasteiger charge is -2.40. The molecule has 0 N–H and O–H groups in total. The van der Waals surface area contributed by atoms with E-state index in [1.165, 1.54) is 25.7 Å². The molecule has 1 aliphatic carbocycles. The lowest BCUT2D eigenvalue weighted by atomic mass is 9.70. The summed E-state index contributed by atoms with van der Waals surface area (Å²) in [5, 5.41) is 0. The van der Waals surface area contributed by atoms with Gasteiger partial charge in [0.25, 0.3) is 0 Å². The smallest absolute Gasteiger partial charge is 0.295 e. The summed E-state index contributed by atoms with van der Waals surface area (Å²) >= 11 is 0. The van der Waals surface area contributed by atoms with Crippen LogP contribution in [0.1, 0.15) is 52.4 Å². The molecule has 118 valence electrons. The summed E-state index contributed by atoms with van der Waals surface area (Å²) in [6.45, 7) is 5.16. The molecule has 0 aromatic heterocycles. The fourth-order valence-electron chi connectivity index (χ4n) is 4.12. The molecule has 1 saturated heterocycles. The van der Waals surface area contributed by atoms with Crippen molar-refractivity contribution < 1.29 is 13.2 Å². The van der Waals surface area contributed by atoms with Crippen molar-refractivity contribution in [3.63, 3.8) is 0 Å². The summed E-state index contributed by atoms with van der Waals surface area (Å²) in [5.41, 5.74) is 0. The van der Waals surface area contributed by atoms with Crippen molar-refractivity contribution in [2.45, 2.75) is 58.5 Å². The van der Waals surface area contributed by atoms with Crippen LogP contribution in [0.25, 0.3) is 0 Å². The molecule has 0 radical (unpaired) electrons. The Kier molecular flexibility index (Phi) is 5.38. The number of hydrogen-bond donors (Lipinski definition) is 0. The number of hydrogen-bond acceptors (Lipinski definition) is 1. The van der Waals surface area contributed by atoms with E-state index in [1.807, 2.05) is 0 Å². The minimum atomic E-state index is -4.04. The molecule has 2 rings (SSSR count). The molecule has 0 unspecified atom stereocenters. The molecule has 1 aliphatic heterocycles. The van der Waals surface area contributed by atoms with Crippen LogP contribution in [0.2, 0.25) is 0 Å². The van der Waals surface area contributed by atoms with Crippen LogP contribution in [-0.4, -0.2) is 30.7 Å². The molecule has 4 heteroatoms. The quantitative estimate of drug-likeness (QED) is 0.727. The Labute approximate surface area is 120 Å². The monoisotopic (exact) mass is 291 g/mol. The minimum absolute atomic E-state index is 0.633. The maximum absolute atomic E-state index is 12.4. The van der Waals surface area contributed by atoms with Crippen LogP contribution in [0, 0.1) is 23.7 Å². The SMILES string of the molecule is CC(C)C1CCC(C2CCN(CC(F)(F)F)CC2)CC1. The fraction of sp³-hybridized carbons (Fsp3) is 1.00. The van der Waals surface area contributed by atoms with Gasteiger partial charge in [0, 0.05) is 0 Å². The van der Waals surface area contributed by atoms with E-state index in [1.54, 1.807) is 4.90 Å². The van der Waals surface area contributed by atoms with E-state index in [-0.39, 0.29) is 0 Å². The Morgan fingerprint density at radius 1 is 0.900 bits per heavy atom. The first kappa shape index (κ1) is 16.1. The van der Waals surface area contributed by atoms with Crippen LogP contribution >= 0.6 is 0 Å². The molecule has 0 atom stereocenters. The van der Waals surface area contributed by atoms with Gasteiger partial charge in [0.1, 0.15) is 0 Å². The van der Waals surface area contributed by atoms with E-state index >= 15 is 0 Å². The van der Waals surface area contributed by atoms with Crippen molar-refractivity contribution >= 4 is 0 Å². The van der Waals surface area contributed by atoms with Gasteiger partial charge in [0.15, 0.2) is 0 Å². The normalized spacial score (nSPS) is 30.9. The van der Waals surface area contributed by atoms with E-state index in [0.29, 0.717) is 19.0 Å². The maximum Gasteiger partial charge on any atom is 0.401 e. The van der Waals surface area contributed by atoms with Crippen LogP contribution in [0.3, 0.4) is 0 Å². The van der Waals surface area contributed by atoms with Crippen LogP contribution in [0.15, 0.2) is 0 Å². The van der Waals surface area contributed by atoms with E-state index in [4.69, 9.17) is 0 Å². The molecule has 20 heavy (non-hydrogen) atoms. The number of likely N-dealkylation sites (tertiary alicyclic amines) is 1. The minimum Gasteiger partial charge on any atom is -0.295 e. The average molecular weight is 291 g/mol. The van der Waals surface area contributed by atoms with Gasteiger partial charge in [-0.1, -0.05) is 13.8 Å². The average Bonchev–Trinajstić information content (AvgIpc) is 2.38. The van der Waals surface area contributed by atoms with Gasteiger partial charge in [-0.2, -0.15) is 13.2 Å². The van der Waals surface area contributed by atoms with Gasteiger partial charge >= 0.3 is 6.18 Å². The van der Waals surface area contributed by atoms with E-state index in [2.05, 4.69) is 13.8 Å². The summed E-state index contributed by atoms with van der Waals surface area (Å²) in [6, 6.07) is 0. The first-order valence-electron chi connectivity index (χ1n) is 8.14. The Hall–Kier alpha value is -0.250. The zero-order valence-electron chi connectivity index (χ0n) is 12.8. The van der Waals surface area contributed by atoms with Crippen molar-refractivity contribution in [3.05, 3.63) is 0 Å². The van der Waals surface area contributed by atoms with Crippen molar-refractivity contribution in [2.24, 2.45) is 23.7 Å². The van der Waals surface area contributed by atoms with E-state index < -0.39 is 12.7 Å². The molecule has 1 saturated carbocycles. The van der Waals surface area contributed by atoms with Crippen LogP contribution in [-0.2, 0) is 0 Å². The highest BCUT2D eigenvalue weighted by molar-refractivity contribution is 4.83. The Bertz CT molecular complexity index is 285. The Balaban J connectivity index is 1.72. The molecular formula is C16H28F3N. The van der Waals surface area contributed by atoms with Gasteiger partial charge in [0.2, 0.25) is 0 Å². The van der Waals surface area contributed by atoms with Crippen LogP contribution < -0.4 is 0 Å². The molecule has 1 heterocycles. The molecule has 0 amide bonds. The Morgan fingerprint density at radius 3 is 1.85 bits per heavy atom. The molecule has 0 bridgehead atoms. The molecule has 2 aliphatic rings. The van der Waals surface area contributed by atoms with Crippen molar-refractivity contribution in [1.29, 1.82) is 0 Å². The summed E-state index contributed by atoms with van der Waals surface area (Å²) in [5.74, 6) is 3.10. The number of alkyl halides is 3. The second kappa shape index (κ2) is 6.67. The van der Waals surface area contributed by atoms with Crippen molar-refractivity contribution in [2.75, 3.05) is 19.6 Å². The first-order chi connectivity index (χ1) is 9.35. The van der Waals surface area contributed by atoms with Crippen molar-refractivity contribution in [1.82, 2.24) is 4.90 Å². The number of rotatable bonds is 3. The second-order valence-corrected chi connectivity index (χ2v) is 7.15. The summed E-state index contributed by atoms with van der Waals surface area (Å²) in [7, 11) is 0. The zero-order chi connectivity index (χ0) is 14.8. The zero-order valence-corrected chi connectivity index (χ0v) is 12.8. The van der Waals surface area contributed by atoms with Gasteiger partial charge < -0.3 is 0 Å². The van der Waals surface area contributed by atoms with Gasteiger partial charge in [-0.15, -0.1) is 0 Å². The number of nitrogens with zero attached hydrogens (tertiary/aromatic N) is 1. The van der Waals surface area contributed by atoms with Crippen LogP contribution in [0.4, 0.5) is 13.2 Å². The molecular weight excluding hydrogens is 263 g/mol. The second-order valence-electron chi connectivity index (χ2n) is 7.15. The molecule has 0 aromatic carbocycles. The summed E-state index contributed by atoms with van der Waals surface area (Å²) in [6.07, 6.45) is 3.14. The summed E-state index contributed by atoms with van der Waals surface area (Å²) in [4.78, 5) is 1.58. The van der Waals surface area contributed by atoms with Gasteiger partial charge in [-0.25, -0.2) is 0 Å². The first-order valence-corrected chi connectivity index (χ1v) is 8.14. The lowest BCUT2D eigenvalue weighted by Crippen LogP contribution is -2.41. The topological polar surface area (TPSA) is 3.24 Å². The molecule has 2 fully saturated rings. The molecule has 1 nitrogen and oxygen atoms in total. The number of piperidine rings is 1. The standard InChI is InChI=1S/C16H28F3N/c1-12(2)13-3-5-14(6-4-13)15-7-9-20(10-8-15)11-16(17,18)19/h12-15H,3-11H2,1-2H3. The highest BCUT2D eigenvalue weighted by Gasteiger charge is 2.35. The third-order valence-corrected chi connectivity index (χ3v) is 5.46. The largest absolute Gasteiger partial charge is 0.401 e. The maximum atomic E-state index is 12.4. The lowest BCUT2D eigenvalue weighted by molar-refractivity contribution is -0.149. The third-order valence-electron chi connectivity index (χ3n) is 5.46. The van der Waals surface area contributed by atoms with Crippen molar-refractivity contribution in [3.8, 4) is 0 Å². The number of halogens is 3. The fourth-order valence-corrected chi connectivity index (χ4v) is 4.12. The van der Waals surface area contributed by atoms with Gasteiger partial charge in [-0.05, 0) is 75.3 Å². The van der Waals surface area contributed by atoms with E-state index in [0.717, 1.165) is 30.6 Å². The molecule has 0 aromatic rings. The van der Waals surface area contributed by atoms with E-state index in [9.17, 15) is 13.2 Å². The highest BCUT2D eigenvalue weighted by atomic mass is 19.4. The van der Waals surface area contributed by atoms with Crippen LogP contribution in [0.5, 0.6) is 0 Å². The van der Waals surface area contributed by atoms with Gasteiger partial charge in [0.05, 0.1) is 6.54 Å². The predicted molar refractivity (Wildman–Crippen MR) is 75.5 cm³/mol. The predicted octanol–water partition coefficient (Wildman–Crippen LogP) is 4.72. The third kappa shape index (κ3) is 4.64. The molecule has 0 spiro atoms. The Morgan fingerprint density at radius 2 is 1.40 bits per heavy atom.